The van der Waals surface area contributed by atoms with Gasteiger partial charge in [0.15, 0.2) is 0 Å². The maximum absolute atomic E-state index is 13.6. The molecular formula is C16H14F3N3OS2. The molecule has 0 aliphatic rings. The molecule has 0 aliphatic carbocycles. The third-order valence-electron chi connectivity index (χ3n) is 3.40. The van der Waals surface area contributed by atoms with Crippen LogP contribution in [0, 0.1) is 0 Å². The Bertz CT molecular complexity index is 930. The second kappa shape index (κ2) is 6.30. The number of hydrogen-bond donors (Lipinski definition) is 2. The first-order valence-electron chi connectivity index (χ1n) is 7.33. The Labute approximate surface area is 149 Å². The zero-order valence-electron chi connectivity index (χ0n) is 13.3. The second-order valence-corrected chi connectivity index (χ2v) is 7.63. The first kappa shape index (κ1) is 17.7. The molecule has 0 fully saturated rings. The molecule has 0 saturated heterocycles. The number of carbonyl (C=O) groups is 1. The first-order chi connectivity index (χ1) is 11.7. The Kier molecular flexibility index (Phi) is 4.46. The fourth-order valence-corrected chi connectivity index (χ4v) is 4.10. The number of fused-ring (bicyclic) bond motifs is 1. The van der Waals surface area contributed by atoms with Crippen molar-refractivity contribution in [1.29, 1.82) is 0 Å². The van der Waals surface area contributed by atoms with Crippen LogP contribution in [0.5, 0.6) is 0 Å². The standard InChI is InChI=1S/C16H14F3N3OS2/c1-7(2)21-14(23)13-12(20)11-8(16(17,18)19)6-9(22-15(11)25-13)10-4-3-5-24-10/h3-7H,20H2,1-2H3,(H,21,23). The summed E-state index contributed by atoms with van der Waals surface area (Å²) in [6, 6.07) is 4.27. The van der Waals surface area contributed by atoms with E-state index >= 15 is 0 Å². The summed E-state index contributed by atoms with van der Waals surface area (Å²) in [5.74, 6) is -0.499. The van der Waals surface area contributed by atoms with Crippen LogP contribution < -0.4 is 11.1 Å². The second-order valence-electron chi connectivity index (χ2n) is 5.68. The van der Waals surface area contributed by atoms with Gasteiger partial charge in [0, 0.05) is 11.4 Å². The summed E-state index contributed by atoms with van der Waals surface area (Å²) < 4.78 is 40.7. The largest absolute Gasteiger partial charge is 0.417 e. The molecule has 132 valence electrons. The molecule has 9 heteroatoms. The number of pyridine rings is 1. The minimum atomic E-state index is -4.60. The van der Waals surface area contributed by atoms with E-state index in [1.165, 1.54) is 11.3 Å². The van der Waals surface area contributed by atoms with Crippen molar-refractivity contribution in [2.75, 3.05) is 5.73 Å². The molecule has 4 nitrogen and oxygen atoms in total. The summed E-state index contributed by atoms with van der Waals surface area (Å²) in [6.45, 7) is 3.52. The number of nitrogens with two attached hydrogens (primary N) is 1. The molecule has 1 amide bonds. The maximum atomic E-state index is 13.6. The molecule has 0 aliphatic heterocycles. The number of halogens is 3. The number of rotatable bonds is 3. The number of nitrogens with one attached hydrogen (secondary N) is 1. The molecular weight excluding hydrogens is 371 g/mol. The Morgan fingerprint density at radius 3 is 2.64 bits per heavy atom. The van der Waals surface area contributed by atoms with Crippen LogP contribution in [0.25, 0.3) is 20.8 Å². The lowest BCUT2D eigenvalue weighted by molar-refractivity contribution is -0.136. The zero-order valence-corrected chi connectivity index (χ0v) is 14.9. The molecule has 3 aromatic rings. The number of thiophene rings is 2. The van der Waals surface area contributed by atoms with Gasteiger partial charge in [-0.25, -0.2) is 4.98 Å². The molecule has 0 aromatic carbocycles. The van der Waals surface area contributed by atoms with Crippen LogP contribution in [0.4, 0.5) is 18.9 Å². The number of nitrogen functional groups attached to an aromatic ring is 1. The summed E-state index contributed by atoms with van der Waals surface area (Å²) in [6.07, 6.45) is -4.60. The molecule has 0 atom stereocenters. The molecule has 0 radical (unpaired) electrons. The monoisotopic (exact) mass is 385 g/mol. The highest BCUT2D eigenvalue weighted by atomic mass is 32.1. The Morgan fingerprint density at radius 1 is 1.36 bits per heavy atom. The topological polar surface area (TPSA) is 68.0 Å². The van der Waals surface area contributed by atoms with Gasteiger partial charge in [0.05, 0.1) is 21.8 Å². The van der Waals surface area contributed by atoms with Gasteiger partial charge in [-0.2, -0.15) is 13.2 Å². The summed E-state index contributed by atoms with van der Waals surface area (Å²) in [4.78, 5) is 17.3. The van der Waals surface area contributed by atoms with E-state index < -0.39 is 17.6 Å². The molecule has 0 spiro atoms. The number of alkyl halides is 3. The highest BCUT2D eigenvalue weighted by Crippen LogP contribution is 2.43. The van der Waals surface area contributed by atoms with Crippen molar-refractivity contribution in [1.82, 2.24) is 10.3 Å². The van der Waals surface area contributed by atoms with Crippen LogP contribution in [0.15, 0.2) is 23.6 Å². The lowest BCUT2D eigenvalue weighted by Crippen LogP contribution is -2.29. The van der Waals surface area contributed by atoms with Crippen molar-refractivity contribution in [3.63, 3.8) is 0 Å². The molecule has 3 N–H and O–H groups in total. The van der Waals surface area contributed by atoms with Crippen LogP contribution in [0.2, 0.25) is 0 Å². The third kappa shape index (κ3) is 3.34. The summed E-state index contributed by atoms with van der Waals surface area (Å²) in [7, 11) is 0. The van der Waals surface area contributed by atoms with Crippen LogP contribution in [0.1, 0.15) is 29.1 Å². The van der Waals surface area contributed by atoms with Gasteiger partial charge in [0.25, 0.3) is 5.91 Å². The average molecular weight is 385 g/mol. The third-order valence-corrected chi connectivity index (χ3v) is 5.39. The van der Waals surface area contributed by atoms with Gasteiger partial charge >= 0.3 is 6.18 Å². The average Bonchev–Trinajstić information content (AvgIpc) is 3.13. The SMILES string of the molecule is CC(C)NC(=O)c1sc2nc(-c3cccs3)cc(C(F)(F)F)c2c1N. The maximum Gasteiger partial charge on any atom is 0.417 e. The molecule has 3 heterocycles. The lowest BCUT2D eigenvalue weighted by atomic mass is 10.1. The minimum Gasteiger partial charge on any atom is -0.397 e. The van der Waals surface area contributed by atoms with E-state index in [0.717, 1.165) is 17.4 Å². The van der Waals surface area contributed by atoms with Gasteiger partial charge in [-0.15, -0.1) is 22.7 Å². The molecule has 0 unspecified atom stereocenters. The van der Waals surface area contributed by atoms with Gasteiger partial charge in [0.1, 0.15) is 9.71 Å². The number of amides is 1. The van der Waals surface area contributed by atoms with E-state index in [-0.39, 0.29) is 32.5 Å². The van der Waals surface area contributed by atoms with E-state index in [1.54, 1.807) is 31.4 Å². The van der Waals surface area contributed by atoms with E-state index in [2.05, 4.69) is 10.3 Å². The van der Waals surface area contributed by atoms with Crippen molar-refractivity contribution in [3.05, 3.63) is 34.0 Å². The van der Waals surface area contributed by atoms with Crippen molar-refractivity contribution >= 4 is 44.5 Å². The smallest absolute Gasteiger partial charge is 0.397 e. The fourth-order valence-electron chi connectivity index (χ4n) is 2.39. The van der Waals surface area contributed by atoms with Crippen molar-refractivity contribution < 1.29 is 18.0 Å². The van der Waals surface area contributed by atoms with Crippen molar-refractivity contribution in [3.8, 4) is 10.6 Å². The molecule has 3 aromatic heterocycles. The van der Waals surface area contributed by atoms with Crippen LogP contribution in [-0.4, -0.2) is 16.9 Å². The van der Waals surface area contributed by atoms with Crippen LogP contribution >= 0.6 is 22.7 Å². The van der Waals surface area contributed by atoms with Crippen LogP contribution in [0.3, 0.4) is 0 Å². The highest BCUT2D eigenvalue weighted by Gasteiger charge is 2.36. The van der Waals surface area contributed by atoms with E-state index in [1.807, 2.05) is 0 Å². The summed E-state index contributed by atoms with van der Waals surface area (Å²) >= 11 is 2.17. The van der Waals surface area contributed by atoms with E-state index in [0.29, 0.717) is 4.88 Å². The van der Waals surface area contributed by atoms with Gasteiger partial charge in [0.2, 0.25) is 0 Å². The van der Waals surface area contributed by atoms with E-state index in [9.17, 15) is 18.0 Å². The number of aromatic nitrogens is 1. The van der Waals surface area contributed by atoms with Crippen molar-refractivity contribution in [2.45, 2.75) is 26.1 Å². The van der Waals surface area contributed by atoms with E-state index in [4.69, 9.17) is 5.73 Å². The predicted molar refractivity (Wildman–Crippen MR) is 94.9 cm³/mol. The van der Waals surface area contributed by atoms with Gasteiger partial charge in [-0.05, 0) is 31.4 Å². The number of nitrogens with zero attached hydrogens (tertiary/aromatic N) is 1. The molecule has 0 saturated carbocycles. The highest BCUT2D eigenvalue weighted by molar-refractivity contribution is 7.21. The van der Waals surface area contributed by atoms with Gasteiger partial charge in [-0.1, -0.05) is 6.07 Å². The minimum absolute atomic E-state index is 0.0463. The normalized spacial score (nSPS) is 12.1. The van der Waals surface area contributed by atoms with Crippen LogP contribution in [-0.2, 0) is 6.18 Å². The summed E-state index contributed by atoms with van der Waals surface area (Å²) in [5, 5.41) is 4.19. The fraction of sp³-hybridized carbons (Fsp3) is 0.250. The lowest BCUT2D eigenvalue weighted by Gasteiger charge is -2.11. The number of hydrogen-bond acceptors (Lipinski definition) is 5. The zero-order chi connectivity index (χ0) is 18.4. The van der Waals surface area contributed by atoms with Crippen molar-refractivity contribution in [2.24, 2.45) is 0 Å². The molecule has 25 heavy (non-hydrogen) atoms. The van der Waals surface area contributed by atoms with Gasteiger partial charge in [-0.3, -0.25) is 4.79 Å². The summed E-state index contributed by atoms with van der Waals surface area (Å²) in [5.41, 5.74) is 5.05. The quantitative estimate of drug-likeness (QED) is 0.683. The Hall–Kier alpha value is -2.13. The predicted octanol–water partition coefficient (Wildman–Crippen LogP) is 4.76. The number of carbonyl (C=O) groups excluding carboxylic acids is 1. The Balaban J connectivity index is 2.26. The first-order valence-corrected chi connectivity index (χ1v) is 9.03. The van der Waals surface area contributed by atoms with Gasteiger partial charge < -0.3 is 11.1 Å². The molecule has 0 bridgehead atoms. The Morgan fingerprint density at radius 2 is 2.08 bits per heavy atom. The number of anilines is 1. The molecule has 3 rings (SSSR count).